The third kappa shape index (κ3) is 3.90. The van der Waals surface area contributed by atoms with Gasteiger partial charge in [-0.25, -0.2) is 0 Å². The summed E-state index contributed by atoms with van der Waals surface area (Å²) in [6.45, 7) is -0.106. The monoisotopic (exact) mass is 406 g/mol. The van der Waals surface area contributed by atoms with Crippen LogP contribution in [0.2, 0.25) is 0 Å². The second-order valence-corrected chi connectivity index (χ2v) is 5.66. The molecule has 4 nitrogen and oxygen atoms in total. The van der Waals surface area contributed by atoms with Crippen molar-refractivity contribution in [2.75, 3.05) is 6.61 Å². The molecule has 0 fully saturated rings. The highest BCUT2D eigenvalue weighted by atomic mass is 127. The lowest BCUT2D eigenvalue weighted by Gasteiger charge is -2.12. The van der Waals surface area contributed by atoms with Gasteiger partial charge in [-0.15, -0.1) is 6.42 Å². The summed E-state index contributed by atoms with van der Waals surface area (Å²) < 4.78 is 67.4. The van der Waals surface area contributed by atoms with E-state index in [0.29, 0.717) is 0 Å². The first-order valence-electron chi connectivity index (χ1n) is 4.54. The SMILES string of the molecule is C#CCOc1cccc(OS(=O)(=O)C(F)(F)F)c1I. The molecule has 1 rings (SSSR count). The average Bonchev–Trinajstić information content (AvgIpc) is 2.28. The molecule has 0 spiro atoms. The van der Waals surface area contributed by atoms with E-state index in [0.717, 1.165) is 6.07 Å². The van der Waals surface area contributed by atoms with Gasteiger partial charge in [-0.05, 0) is 34.7 Å². The first kappa shape index (κ1) is 15.9. The summed E-state index contributed by atoms with van der Waals surface area (Å²) >= 11 is 1.60. The molecule has 19 heavy (non-hydrogen) atoms. The van der Waals surface area contributed by atoms with Crippen molar-refractivity contribution >= 4 is 32.7 Å². The maximum absolute atomic E-state index is 12.2. The van der Waals surface area contributed by atoms with Gasteiger partial charge in [-0.3, -0.25) is 0 Å². The molecule has 0 radical (unpaired) electrons. The Bertz CT molecular complexity index is 604. The normalized spacial score (nSPS) is 11.7. The Balaban J connectivity index is 3.08. The second kappa shape index (κ2) is 5.87. The number of halogens is 4. The molecular weight excluding hydrogens is 400 g/mol. The van der Waals surface area contributed by atoms with E-state index in [1.54, 1.807) is 22.6 Å². The molecule has 0 saturated carbocycles. The van der Waals surface area contributed by atoms with Crippen LogP contribution in [-0.4, -0.2) is 20.5 Å². The van der Waals surface area contributed by atoms with E-state index < -0.39 is 21.4 Å². The van der Waals surface area contributed by atoms with E-state index in [1.165, 1.54) is 12.1 Å². The second-order valence-electron chi connectivity index (χ2n) is 3.04. The van der Waals surface area contributed by atoms with Gasteiger partial charge >= 0.3 is 15.6 Å². The van der Waals surface area contributed by atoms with Gasteiger partial charge in [0.1, 0.15) is 12.4 Å². The lowest BCUT2D eigenvalue weighted by atomic mass is 10.3. The van der Waals surface area contributed by atoms with Crippen molar-refractivity contribution < 1.29 is 30.5 Å². The van der Waals surface area contributed by atoms with Crippen molar-refractivity contribution in [3.8, 4) is 23.8 Å². The minimum absolute atomic E-state index is 0.0724. The van der Waals surface area contributed by atoms with Gasteiger partial charge in [0.25, 0.3) is 0 Å². The fourth-order valence-electron chi connectivity index (χ4n) is 0.951. The minimum atomic E-state index is -5.71. The van der Waals surface area contributed by atoms with Crippen LogP contribution in [0.1, 0.15) is 0 Å². The zero-order valence-corrected chi connectivity index (χ0v) is 12.0. The van der Waals surface area contributed by atoms with Crippen LogP contribution in [-0.2, 0) is 10.1 Å². The topological polar surface area (TPSA) is 52.6 Å². The first-order chi connectivity index (χ1) is 8.69. The van der Waals surface area contributed by atoms with Gasteiger partial charge in [0.05, 0.1) is 3.57 Å². The van der Waals surface area contributed by atoms with E-state index in [2.05, 4.69) is 10.1 Å². The van der Waals surface area contributed by atoms with Gasteiger partial charge in [-0.1, -0.05) is 12.0 Å². The highest BCUT2D eigenvalue weighted by Gasteiger charge is 2.48. The predicted octanol–water partition coefficient (Wildman–Crippen LogP) is 2.53. The zero-order valence-electron chi connectivity index (χ0n) is 9.07. The average molecular weight is 406 g/mol. The number of hydrogen-bond donors (Lipinski definition) is 0. The maximum atomic E-state index is 12.2. The molecule has 104 valence electrons. The lowest BCUT2D eigenvalue weighted by Crippen LogP contribution is -2.28. The van der Waals surface area contributed by atoms with Crippen LogP contribution in [0.4, 0.5) is 13.2 Å². The molecule has 1 aromatic carbocycles. The van der Waals surface area contributed by atoms with Gasteiger partial charge < -0.3 is 8.92 Å². The van der Waals surface area contributed by atoms with Crippen molar-refractivity contribution in [3.05, 3.63) is 21.8 Å². The summed E-state index contributed by atoms with van der Waals surface area (Å²) in [4.78, 5) is 0. The van der Waals surface area contributed by atoms with E-state index in [9.17, 15) is 21.6 Å². The van der Waals surface area contributed by atoms with Crippen LogP contribution in [0.25, 0.3) is 0 Å². The lowest BCUT2D eigenvalue weighted by molar-refractivity contribution is -0.0500. The molecule has 0 atom stereocenters. The number of alkyl halides is 3. The quantitative estimate of drug-likeness (QED) is 0.334. The summed E-state index contributed by atoms with van der Waals surface area (Å²) in [5, 5.41) is 0. The summed E-state index contributed by atoms with van der Waals surface area (Å²) in [5.41, 5.74) is -5.49. The van der Waals surface area contributed by atoms with E-state index in [4.69, 9.17) is 11.2 Å². The Morgan fingerprint density at radius 2 is 1.89 bits per heavy atom. The highest BCUT2D eigenvalue weighted by Crippen LogP contribution is 2.34. The van der Waals surface area contributed by atoms with Crippen molar-refractivity contribution in [2.45, 2.75) is 5.51 Å². The summed E-state index contributed by atoms with van der Waals surface area (Å²) in [6, 6.07) is 3.79. The molecule has 0 N–H and O–H groups in total. The molecule has 0 aliphatic rings. The minimum Gasteiger partial charge on any atom is -0.480 e. The van der Waals surface area contributed by atoms with Crippen molar-refractivity contribution in [3.63, 3.8) is 0 Å². The Morgan fingerprint density at radius 1 is 1.32 bits per heavy atom. The van der Waals surface area contributed by atoms with Crippen molar-refractivity contribution in [1.29, 1.82) is 0 Å². The third-order valence-corrected chi connectivity index (χ3v) is 3.75. The Labute approximate surface area is 121 Å². The molecule has 0 aliphatic heterocycles. The predicted molar refractivity (Wildman–Crippen MR) is 69.1 cm³/mol. The molecule has 9 heteroatoms. The highest BCUT2D eigenvalue weighted by molar-refractivity contribution is 14.1. The summed E-state index contributed by atoms with van der Waals surface area (Å²) in [7, 11) is -5.71. The zero-order chi connectivity index (χ0) is 14.7. The molecule has 0 aliphatic carbocycles. The van der Waals surface area contributed by atoms with E-state index in [-0.39, 0.29) is 15.9 Å². The summed E-state index contributed by atoms with van der Waals surface area (Å²) in [6.07, 6.45) is 4.97. The molecule has 0 bridgehead atoms. The first-order valence-corrected chi connectivity index (χ1v) is 7.03. The third-order valence-electron chi connectivity index (χ3n) is 1.72. The molecular formula is C10H6F3IO4S. The summed E-state index contributed by atoms with van der Waals surface area (Å²) in [5.74, 6) is 1.82. The van der Waals surface area contributed by atoms with E-state index in [1.807, 2.05) is 0 Å². The van der Waals surface area contributed by atoms with Gasteiger partial charge in [0, 0.05) is 0 Å². The van der Waals surface area contributed by atoms with Crippen LogP contribution >= 0.6 is 22.6 Å². The maximum Gasteiger partial charge on any atom is 0.534 e. The Kier molecular flexibility index (Phi) is 4.92. The van der Waals surface area contributed by atoms with Crippen LogP contribution < -0.4 is 8.92 Å². The van der Waals surface area contributed by atoms with Gasteiger partial charge in [0.2, 0.25) is 0 Å². The molecule has 0 saturated heterocycles. The van der Waals surface area contributed by atoms with Crippen LogP contribution in [0, 0.1) is 15.9 Å². The van der Waals surface area contributed by atoms with Crippen molar-refractivity contribution in [1.82, 2.24) is 0 Å². The number of hydrogen-bond acceptors (Lipinski definition) is 4. The number of terminal acetylenes is 1. The van der Waals surface area contributed by atoms with Crippen LogP contribution in [0.5, 0.6) is 11.5 Å². The van der Waals surface area contributed by atoms with Crippen molar-refractivity contribution in [2.24, 2.45) is 0 Å². The number of rotatable bonds is 4. The number of benzene rings is 1. The fourth-order valence-corrected chi connectivity index (χ4v) is 2.20. The van der Waals surface area contributed by atoms with Gasteiger partial charge in [0.15, 0.2) is 5.75 Å². The number of ether oxygens (including phenoxy) is 1. The fraction of sp³-hybridized carbons (Fsp3) is 0.200. The van der Waals surface area contributed by atoms with E-state index >= 15 is 0 Å². The Morgan fingerprint density at radius 3 is 2.42 bits per heavy atom. The van der Waals surface area contributed by atoms with Crippen LogP contribution in [0.15, 0.2) is 18.2 Å². The smallest absolute Gasteiger partial charge is 0.480 e. The molecule has 0 heterocycles. The van der Waals surface area contributed by atoms with Gasteiger partial charge in [-0.2, -0.15) is 21.6 Å². The molecule has 1 aromatic rings. The largest absolute Gasteiger partial charge is 0.534 e. The molecule has 0 unspecified atom stereocenters. The standard InChI is InChI=1S/C10H6F3IO4S/c1-2-6-17-7-4-3-5-8(9(7)14)18-19(15,16)10(11,12)13/h1,3-5H,6H2. The molecule has 0 aromatic heterocycles. The molecule has 0 amide bonds. The Hall–Kier alpha value is -1.15. The van der Waals surface area contributed by atoms with Crippen LogP contribution in [0.3, 0.4) is 0 Å².